The summed E-state index contributed by atoms with van der Waals surface area (Å²) in [6.07, 6.45) is 3.03. The second-order valence-electron chi connectivity index (χ2n) is 4.85. The number of nitrogens with two attached hydrogens (primary N) is 1. The summed E-state index contributed by atoms with van der Waals surface area (Å²) < 4.78 is 7.33. The van der Waals surface area contributed by atoms with E-state index in [4.69, 9.17) is 10.3 Å². The van der Waals surface area contributed by atoms with Crippen LogP contribution in [0.4, 0.5) is 0 Å². The van der Waals surface area contributed by atoms with E-state index in [9.17, 15) is 0 Å². The maximum atomic E-state index is 6.17. The van der Waals surface area contributed by atoms with Crippen molar-refractivity contribution in [2.24, 2.45) is 12.8 Å². The number of rotatable bonds is 2. The van der Waals surface area contributed by atoms with Crippen LogP contribution in [0.5, 0.6) is 0 Å². The molecule has 2 heterocycles. The summed E-state index contributed by atoms with van der Waals surface area (Å²) in [6.45, 7) is 2.04. The van der Waals surface area contributed by atoms with Crippen LogP contribution in [0.3, 0.4) is 0 Å². The molecule has 98 valence electrons. The van der Waals surface area contributed by atoms with Gasteiger partial charge < -0.3 is 14.8 Å². The fourth-order valence-electron chi connectivity index (χ4n) is 2.14. The van der Waals surface area contributed by atoms with Gasteiger partial charge in [0, 0.05) is 12.7 Å². The lowest BCUT2D eigenvalue weighted by Crippen LogP contribution is -2.44. The van der Waals surface area contributed by atoms with Crippen LogP contribution in [0.2, 0.25) is 0 Å². The Bertz CT molecular complexity index is 556. The van der Waals surface area contributed by atoms with Gasteiger partial charge in [0.2, 0.25) is 0 Å². The molecule has 1 fully saturated rings. The summed E-state index contributed by atoms with van der Waals surface area (Å²) in [7, 11) is 1.98. The highest BCUT2D eigenvalue weighted by Gasteiger charge is 2.39. The van der Waals surface area contributed by atoms with Crippen molar-refractivity contribution in [3.8, 4) is 11.6 Å². The van der Waals surface area contributed by atoms with Gasteiger partial charge in [-0.05, 0) is 38.3 Å². The summed E-state index contributed by atoms with van der Waals surface area (Å²) in [6, 6.07) is 4.01. The van der Waals surface area contributed by atoms with E-state index < -0.39 is 0 Å². The third kappa shape index (κ3) is 1.83. The van der Waals surface area contributed by atoms with Crippen molar-refractivity contribution in [1.29, 1.82) is 0 Å². The third-order valence-electron chi connectivity index (χ3n) is 3.71. The molecular weight excluding hydrogens is 252 g/mol. The van der Waals surface area contributed by atoms with E-state index in [-0.39, 0.29) is 17.9 Å². The predicted octanol–water partition coefficient (Wildman–Crippen LogP) is 2.14. The second kappa shape index (κ2) is 4.40. The molecule has 2 N–H and O–H groups in total. The summed E-state index contributed by atoms with van der Waals surface area (Å²) in [5.41, 5.74) is 7.90. The Morgan fingerprint density at radius 2 is 2.11 bits per heavy atom. The Labute approximate surface area is 112 Å². The van der Waals surface area contributed by atoms with Crippen LogP contribution in [0.1, 0.15) is 30.8 Å². The first kappa shape index (κ1) is 13.1. The van der Waals surface area contributed by atoms with Crippen molar-refractivity contribution in [2.75, 3.05) is 0 Å². The molecule has 3 rings (SSSR count). The zero-order valence-electron chi connectivity index (χ0n) is 10.5. The standard InChI is InChI=1S/C12H16N4O.ClH/c1-8-4-5-9(16(8)2)10-14-11(15-17-10)12(13)6-3-7-12;/h4-5H,3,6-7,13H2,1-2H3;1H. The minimum atomic E-state index is -0.359. The third-order valence-corrected chi connectivity index (χ3v) is 3.71. The van der Waals surface area contributed by atoms with Gasteiger partial charge in [0.25, 0.3) is 5.89 Å². The van der Waals surface area contributed by atoms with Crippen molar-refractivity contribution < 1.29 is 4.52 Å². The van der Waals surface area contributed by atoms with Crippen LogP contribution in [-0.4, -0.2) is 14.7 Å². The van der Waals surface area contributed by atoms with Crippen molar-refractivity contribution in [1.82, 2.24) is 14.7 Å². The quantitative estimate of drug-likeness (QED) is 0.906. The topological polar surface area (TPSA) is 69.9 Å². The Hall–Kier alpha value is -1.33. The van der Waals surface area contributed by atoms with Gasteiger partial charge >= 0.3 is 0 Å². The normalized spacial score (nSPS) is 17.1. The van der Waals surface area contributed by atoms with Crippen LogP contribution in [0.15, 0.2) is 16.7 Å². The van der Waals surface area contributed by atoms with Crippen molar-refractivity contribution in [3.05, 3.63) is 23.7 Å². The van der Waals surface area contributed by atoms with Crippen LogP contribution >= 0.6 is 12.4 Å². The zero-order valence-corrected chi connectivity index (χ0v) is 11.3. The zero-order chi connectivity index (χ0) is 12.0. The van der Waals surface area contributed by atoms with Crippen LogP contribution in [0.25, 0.3) is 11.6 Å². The highest BCUT2D eigenvalue weighted by molar-refractivity contribution is 5.85. The molecule has 0 radical (unpaired) electrons. The van der Waals surface area contributed by atoms with Gasteiger partial charge in [-0.1, -0.05) is 5.16 Å². The lowest BCUT2D eigenvalue weighted by atomic mass is 9.77. The number of halogens is 1. The van der Waals surface area contributed by atoms with Gasteiger partial charge in [0.1, 0.15) is 5.69 Å². The molecule has 0 amide bonds. The monoisotopic (exact) mass is 268 g/mol. The average molecular weight is 269 g/mol. The van der Waals surface area contributed by atoms with Gasteiger partial charge in [-0.15, -0.1) is 12.4 Å². The first-order valence-electron chi connectivity index (χ1n) is 5.86. The Kier molecular flexibility index (Phi) is 3.21. The molecule has 0 saturated heterocycles. The molecule has 1 aliphatic carbocycles. The highest BCUT2D eigenvalue weighted by Crippen LogP contribution is 2.37. The second-order valence-corrected chi connectivity index (χ2v) is 4.85. The highest BCUT2D eigenvalue weighted by atomic mass is 35.5. The maximum absolute atomic E-state index is 6.17. The number of hydrogen-bond donors (Lipinski definition) is 1. The van der Waals surface area contributed by atoms with E-state index in [1.165, 1.54) is 0 Å². The van der Waals surface area contributed by atoms with E-state index in [1.807, 2.05) is 30.7 Å². The fourth-order valence-corrected chi connectivity index (χ4v) is 2.14. The molecule has 2 aromatic rings. The van der Waals surface area contributed by atoms with Crippen molar-refractivity contribution in [2.45, 2.75) is 31.7 Å². The number of aromatic nitrogens is 3. The van der Waals surface area contributed by atoms with E-state index >= 15 is 0 Å². The molecule has 0 aromatic carbocycles. The summed E-state index contributed by atoms with van der Waals surface area (Å²) >= 11 is 0. The average Bonchev–Trinajstić information content (AvgIpc) is 2.85. The first-order chi connectivity index (χ1) is 8.10. The molecule has 0 spiro atoms. The van der Waals surface area contributed by atoms with Gasteiger partial charge in [0.05, 0.1) is 5.54 Å². The SMILES string of the molecule is Cc1ccc(-c2nc(C3(N)CCC3)no2)n1C.Cl. The first-order valence-corrected chi connectivity index (χ1v) is 5.86. The minimum Gasteiger partial charge on any atom is -0.344 e. The van der Waals surface area contributed by atoms with E-state index in [1.54, 1.807) is 0 Å². The Morgan fingerprint density at radius 3 is 2.61 bits per heavy atom. The van der Waals surface area contributed by atoms with Gasteiger partial charge in [-0.25, -0.2) is 0 Å². The fraction of sp³-hybridized carbons (Fsp3) is 0.500. The number of aryl methyl sites for hydroxylation is 1. The molecule has 0 aliphatic heterocycles. The number of nitrogens with zero attached hydrogens (tertiary/aromatic N) is 3. The molecule has 1 aliphatic rings. The summed E-state index contributed by atoms with van der Waals surface area (Å²) in [4.78, 5) is 4.42. The summed E-state index contributed by atoms with van der Waals surface area (Å²) in [5.74, 6) is 1.19. The molecule has 0 unspecified atom stereocenters. The van der Waals surface area contributed by atoms with E-state index in [0.29, 0.717) is 11.7 Å². The lowest BCUT2D eigenvalue weighted by Gasteiger charge is -2.34. The molecule has 5 nitrogen and oxygen atoms in total. The molecular formula is C12H17ClN4O. The van der Waals surface area contributed by atoms with Gasteiger partial charge in [-0.3, -0.25) is 0 Å². The molecule has 0 bridgehead atoms. The van der Waals surface area contributed by atoms with Crippen LogP contribution in [0, 0.1) is 6.92 Å². The van der Waals surface area contributed by atoms with E-state index in [2.05, 4.69) is 10.1 Å². The smallest absolute Gasteiger partial charge is 0.274 e. The maximum Gasteiger partial charge on any atom is 0.274 e. The van der Waals surface area contributed by atoms with Crippen LogP contribution in [-0.2, 0) is 12.6 Å². The Balaban J connectivity index is 0.00000120. The van der Waals surface area contributed by atoms with Crippen molar-refractivity contribution >= 4 is 12.4 Å². The Morgan fingerprint density at radius 1 is 1.39 bits per heavy atom. The predicted molar refractivity (Wildman–Crippen MR) is 70.4 cm³/mol. The number of hydrogen-bond acceptors (Lipinski definition) is 4. The summed E-state index contributed by atoms with van der Waals surface area (Å²) in [5, 5.41) is 4.01. The molecule has 0 atom stereocenters. The molecule has 1 saturated carbocycles. The molecule has 18 heavy (non-hydrogen) atoms. The molecule has 6 heteroatoms. The van der Waals surface area contributed by atoms with Crippen molar-refractivity contribution in [3.63, 3.8) is 0 Å². The molecule has 2 aromatic heterocycles. The van der Waals surface area contributed by atoms with E-state index in [0.717, 1.165) is 30.7 Å². The van der Waals surface area contributed by atoms with Gasteiger partial charge in [0.15, 0.2) is 5.82 Å². The largest absolute Gasteiger partial charge is 0.344 e. The van der Waals surface area contributed by atoms with Gasteiger partial charge in [-0.2, -0.15) is 4.98 Å². The minimum absolute atomic E-state index is 0. The van der Waals surface area contributed by atoms with Crippen LogP contribution < -0.4 is 5.73 Å². The lowest BCUT2D eigenvalue weighted by molar-refractivity contribution is 0.229.